The third-order valence-electron chi connectivity index (χ3n) is 5.43. The molecule has 0 saturated carbocycles. The molecular formula is C24H26N4O. The highest BCUT2D eigenvalue weighted by Crippen LogP contribution is 2.23. The van der Waals surface area contributed by atoms with E-state index in [-0.39, 0.29) is 5.91 Å². The zero-order valence-corrected chi connectivity index (χ0v) is 16.9. The van der Waals surface area contributed by atoms with Crippen molar-refractivity contribution in [3.63, 3.8) is 0 Å². The van der Waals surface area contributed by atoms with E-state index in [9.17, 15) is 4.79 Å². The Kier molecular flexibility index (Phi) is 5.47. The highest BCUT2D eigenvalue weighted by molar-refractivity contribution is 5.94. The van der Waals surface area contributed by atoms with Gasteiger partial charge in [-0.05, 0) is 49.2 Å². The smallest absolute Gasteiger partial charge is 0.255 e. The number of carbonyl (C=O) groups is 1. The highest BCUT2D eigenvalue weighted by atomic mass is 16.2. The molecule has 4 rings (SSSR count). The number of nitrogens with zero attached hydrogens (tertiary/aromatic N) is 3. The lowest BCUT2D eigenvalue weighted by Gasteiger charge is -2.36. The molecule has 1 aliphatic heterocycles. The van der Waals surface area contributed by atoms with E-state index in [0.717, 1.165) is 37.7 Å². The predicted molar refractivity (Wildman–Crippen MR) is 118 cm³/mol. The molecule has 0 radical (unpaired) electrons. The van der Waals surface area contributed by atoms with Gasteiger partial charge in [-0.2, -0.15) is 0 Å². The number of carbonyl (C=O) groups excluding carboxylic acids is 1. The van der Waals surface area contributed by atoms with Crippen molar-refractivity contribution in [2.24, 2.45) is 0 Å². The molecule has 29 heavy (non-hydrogen) atoms. The molecule has 148 valence electrons. The van der Waals surface area contributed by atoms with Gasteiger partial charge in [0.2, 0.25) is 0 Å². The van der Waals surface area contributed by atoms with Crippen LogP contribution in [0.2, 0.25) is 0 Å². The molecule has 2 aromatic carbocycles. The summed E-state index contributed by atoms with van der Waals surface area (Å²) in [6.07, 6.45) is 1.67. The number of piperazine rings is 1. The summed E-state index contributed by atoms with van der Waals surface area (Å²) in [6, 6.07) is 20.3. The Morgan fingerprint density at radius 1 is 0.862 bits per heavy atom. The van der Waals surface area contributed by atoms with E-state index < -0.39 is 0 Å². The van der Waals surface area contributed by atoms with Crippen molar-refractivity contribution in [1.82, 2.24) is 9.88 Å². The fraction of sp³-hybridized carbons (Fsp3) is 0.250. The Labute approximate surface area is 172 Å². The lowest BCUT2D eigenvalue weighted by Crippen LogP contribution is -2.48. The first-order valence-corrected chi connectivity index (χ1v) is 10.0. The molecule has 0 spiro atoms. The van der Waals surface area contributed by atoms with Crippen LogP contribution in [0.4, 0.5) is 17.2 Å². The Morgan fingerprint density at radius 3 is 2.17 bits per heavy atom. The average molecular weight is 386 g/mol. The topological polar surface area (TPSA) is 48.5 Å². The first kappa shape index (κ1) is 19.0. The second-order valence-corrected chi connectivity index (χ2v) is 7.44. The fourth-order valence-electron chi connectivity index (χ4n) is 3.72. The monoisotopic (exact) mass is 386 g/mol. The summed E-state index contributed by atoms with van der Waals surface area (Å²) in [6.45, 7) is 7.27. The molecule has 0 bridgehead atoms. The summed E-state index contributed by atoms with van der Waals surface area (Å²) in [4.78, 5) is 21.6. The number of aromatic nitrogens is 1. The Hall–Kier alpha value is -3.34. The third-order valence-corrected chi connectivity index (χ3v) is 5.43. The summed E-state index contributed by atoms with van der Waals surface area (Å²) in [7, 11) is 0. The molecule has 1 aromatic heterocycles. The van der Waals surface area contributed by atoms with Gasteiger partial charge in [-0.1, -0.05) is 36.4 Å². The van der Waals surface area contributed by atoms with E-state index >= 15 is 0 Å². The summed E-state index contributed by atoms with van der Waals surface area (Å²) >= 11 is 0. The van der Waals surface area contributed by atoms with E-state index in [1.165, 1.54) is 16.8 Å². The Balaban J connectivity index is 1.39. The number of anilines is 3. The molecular weight excluding hydrogens is 360 g/mol. The molecule has 0 atom stereocenters. The minimum Gasteiger partial charge on any atom is -0.368 e. The van der Waals surface area contributed by atoms with Crippen LogP contribution >= 0.6 is 0 Å². The van der Waals surface area contributed by atoms with Crippen LogP contribution in [-0.4, -0.2) is 42.0 Å². The number of benzene rings is 2. The van der Waals surface area contributed by atoms with Crippen LogP contribution in [0.15, 0.2) is 66.9 Å². The minimum atomic E-state index is 0.0452. The largest absolute Gasteiger partial charge is 0.368 e. The predicted octanol–water partition coefficient (Wildman–Crippen LogP) is 4.40. The average Bonchev–Trinajstić information content (AvgIpc) is 2.77. The van der Waals surface area contributed by atoms with Gasteiger partial charge in [0.1, 0.15) is 5.82 Å². The van der Waals surface area contributed by atoms with Crippen LogP contribution < -0.4 is 10.2 Å². The molecule has 1 fully saturated rings. The maximum absolute atomic E-state index is 12.9. The van der Waals surface area contributed by atoms with Crippen LogP contribution in [0.25, 0.3) is 0 Å². The zero-order chi connectivity index (χ0) is 20.2. The molecule has 1 N–H and O–H groups in total. The third kappa shape index (κ3) is 4.24. The number of nitrogens with one attached hydrogen (secondary N) is 1. The van der Waals surface area contributed by atoms with Gasteiger partial charge in [-0.3, -0.25) is 4.79 Å². The first-order chi connectivity index (χ1) is 14.1. The van der Waals surface area contributed by atoms with E-state index in [1.807, 2.05) is 41.3 Å². The molecule has 0 unspecified atom stereocenters. The molecule has 3 aromatic rings. The van der Waals surface area contributed by atoms with Crippen LogP contribution in [-0.2, 0) is 0 Å². The van der Waals surface area contributed by atoms with Crippen LogP contribution in [0.5, 0.6) is 0 Å². The maximum atomic E-state index is 12.9. The summed E-state index contributed by atoms with van der Waals surface area (Å²) < 4.78 is 0. The summed E-state index contributed by atoms with van der Waals surface area (Å²) in [5.41, 5.74) is 5.25. The van der Waals surface area contributed by atoms with Gasteiger partial charge in [0.05, 0.1) is 5.56 Å². The van der Waals surface area contributed by atoms with Gasteiger partial charge in [0.25, 0.3) is 5.91 Å². The highest BCUT2D eigenvalue weighted by Gasteiger charge is 2.22. The molecule has 1 aliphatic rings. The van der Waals surface area contributed by atoms with Gasteiger partial charge in [0.15, 0.2) is 0 Å². The lowest BCUT2D eigenvalue weighted by atomic mass is 10.1. The maximum Gasteiger partial charge on any atom is 0.255 e. The van der Waals surface area contributed by atoms with Gasteiger partial charge >= 0.3 is 0 Å². The van der Waals surface area contributed by atoms with E-state index in [4.69, 9.17) is 0 Å². The van der Waals surface area contributed by atoms with Gasteiger partial charge in [-0.25, -0.2) is 4.98 Å². The van der Waals surface area contributed by atoms with Gasteiger partial charge in [-0.15, -0.1) is 0 Å². The molecule has 5 heteroatoms. The second-order valence-electron chi connectivity index (χ2n) is 7.44. The zero-order valence-electron chi connectivity index (χ0n) is 16.9. The number of rotatable bonds is 4. The molecule has 1 amide bonds. The van der Waals surface area contributed by atoms with Crippen LogP contribution in [0.1, 0.15) is 21.5 Å². The second kappa shape index (κ2) is 8.35. The van der Waals surface area contributed by atoms with Crippen molar-refractivity contribution in [3.05, 3.63) is 83.6 Å². The number of amides is 1. The van der Waals surface area contributed by atoms with Crippen molar-refractivity contribution in [3.8, 4) is 0 Å². The van der Waals surface area contributed by atoms with E-state index in [2.05, 4.69) is 53.3 Å². The van der Waals surface area contributed by atoms with Crippen LogP contribution in [0.3, 0.4) is 0 Å². The minimum absolute atomic E-state index is 0.0452. The number of para-hydroxylation sites is 2. The SMILES string of the molecule is Cc1cccc(C)c1Nc1ccc(C(=O)N2CCN(c3ccccc3)CC2)cn1. The van der Waals surface area contributed by atoms with Crippen molar-refractivity contribution in [2.75, 3.05) is 36.4 Å². The Morgan fingerprint density at radius 2 is 1.55 bits per heavy atom. The number of hydrogen-bond acceptors (Lipinski definition) is 4. The first-order valence-electron chi connectivity index (χ1n) is 10.0. The van der Waals surface area contributed by atoms with Crippen molar-refractivity contribution < 1.29 is 4.79 Å². The number of pyridine rings is 1. The Bertz CT molecular complexity index is 957. The quantitative estimate of drug-likeness (QED) is 0.722. The molecule has 0 aliphatic carbocycles. The molecule has 2 heterocycles. The van der Waals surface area contributed by atoms with E-state index in [0.29, 0.717) is 5.56 Å². The summed E-state index contributed by atoms with van der Waals surface area (Å²) in [5, 5.41) is 3.37. The van der Waals surface area contributed by atoms with Crippen molar-refractivity contribution in [1.29, 1.82) is 0 Å². The molecule has 1 saturated heterocycles. The lowest BCUT2D eigenvalue weighted by molar-refractivity contribution is 0.0746. The van der Waals surface area contributed by atoms with E-state index in [1.54, 1.807) is 6.20 Å². The normalized spacial score (nSPS) is 14.0. The number of hydrogen-bond donors (Lipinski definition) is 1. The van der Waals surface area contributed by atoms with Gasteiger partial charge in [0, 0.05) is 43.8 Å². The van der Waals surface area contributed by atoms with Crippen molar-refractivity contribution in [2.45, 2.75) is 13.8 Å². The van der Waals surface area contributed by atoms with Gasteiger partial charge < -0.3 is 15.1 Å². The van der Waals surface area contributed by atoms with Crippen molar-refractivity contribution >= 4 is 23.1 Å². The molecule has 5 nitrogen and oxygen atoms in total. The fourth-order valence-corrected chi connectivity index (χ4v) is 3.72. The van der Waals surface area contributed by atoms with Crippen LogP contribution in [0, 0.1) is 13.8 Å². The number of aryl methyl sites for hydroxylation is 2. The standard InChI is InChI=1S/C24H26N4O/c1-18-7-6-8-19(2)23(18)26-22-12-11-20(17-25-22)24(29)28-15-13-27(14-16-28)21-9-4-3-5-10-21/h3-12,17H,13-16H2,1-2H3,(H,25,26). The summed E-state index contributed by atoms with van der Waals surface area (Å²) in [5.74, 6) is 0.789.